The summed E-state index contributed by atoms with van der Waals surface area (Å²) in [6.07, 6.45) is 0.390. The molecule has 0 radical (unpaired) electrons. The van der Waals surface area contributed by atoms with Gasteiger partial charge in [-0.05, 0) is 61.9 Å². The Bertz CT molecular complexity index is 1460. The molecule has 0 atom stereocenters. The number of ether oxygens (including phenoxy) is 2. The van der Waals surface area contributed by atoms with Gasteiger partial charge >= 0.3 is 5.97 Å². The van der Waals surface area contributed by atoms with Crippen molar-refractivity contribution in [2.75, 3.05) is 29.9 Å². The molecule has 36 heavy (non-hydrogen) atoms. The van der Waals surface area contributed by atoms with Crippen molar-refractivity contribution < 1.29 is 31.9 Å². The standard InChI is InChI=1S/C25H22ClFN2O6S/c1-3-35-25(31)19-8-7-17(14-21(19)27)28-24(30)15-11-22-20(23(12-15)34-2)9-10-29(22)36(32,33)18-6-4-5-16(26)13-18/h4-8,11-14H,3,9-10H2,1-2H3,(H,28,30). The van der Waals surface area contributed by atoms with Gasteiger partial charge in [-0.2, -0.15) is 0 Å². The molecule has 0 saturated heterocycles. The summed E-state index contributed by atoms with van der Waals surface area (Å²) in [7, 11) is -2.53. The third-order valence-electron chi connectivity index (χ3n) is 5.61. The summed E-state index contributed by atoms with van der Waals surface area (Å²) in [6.45, 7) is 1.86. The monoisotopic (exact) mass is 532 g/mol. The van der Waals surface area contributed by atoms with Crippen LogP contribution in [0.3, 0.4) is 0 Å². The fraction of sp³-hybridized carbons (Fsp3) is 0.200. The fourth-order valence-corrected chi connectivity index (χ4v) is 5.72. The molecule has 8 nitrogen and oxygen atoms in total. The Labute approximate surface area is 212 Å². The van der Waals surface area contributed by atoms with Gasteiger partial charge in [0.15, 0.2) is 0 Å². The lowest BCUT2D eigenvalue weighted by Crippen LogP contribution is -2.29. The van der Waals surface area contributed by atoms with Crippen LogP contribution in [0.15, 0.2) is 59.5 Å². The van der Waals surface area contributed by atoms with Crippen molar-refractivity contribution in [1.82, 2.24) is 0 Å². The summed E-state index contributed by atoms with van der Waals surface area (Å²) in [5, 5.41) is 2.84. The van der Waals surface area contributed by atoms with Gasteiger partial charge in [0.05, 0.1) is 29.9 Å². The molecule has 11 heteroatoms. The normalized spacial score (nSPS) is 12.7. The van der Waals surface area contributed by atoms with E-state index >= 15 is 0 Å². The van der Waals surface area contributed by atoms with Crippen molar-refractivity contribution in [2.24, 2.45) is 0 Å². The lowest BCUT2D eigenvalue weighted by Gasteiger charge is -2.21. The molecule has 0 fully saturated rings. The number of rotatable bonds is 7. The molecule has 0 spiro atoms. The molecule has 0 bridgehead atoms. The highest BCUT2D eigenvalue weighted by molar-refractivity contribution is 7.92. The highest BCUT2D eigenvalue weighted by Crippen LogP contribution is 2.40. The second-order valence-electron chi connectivity index (χ2n) is 7.83. The van der Waals surface area contributed by atoms with E-state index in [2.05, 4.69) is 5.32 Å². The van der Waals surface area contributed by atoms with Crippen LogP contribution in [-0.2, 0) is 21.2 Å². The second-order valence-corrected chi connectivity index (χ2v) is 10.1. The summed E-state index contributed by atoms with van der Waals surface area (Å²) in [5.41, 5.74) is 0.908. The summed E-state index contributed by atoms with van der Waals surface area (Å²) in [6, 6.07) is 12.5. The van der Waals surface area contributed by atoms with Crippen LogP contribution < -0.4 is 14.4 Å². The Morgan fingerprint density at radius 1 is 1.14 bits per heavy atom. The number of amides is 1. The van der Waals surface area contributed by atoms with E-state index < -0.39 is 27.7 Å². The van der Waals surface area contributed by atoms with E-state index in [1.54, 1.807) is 19.1 Å². The Balaban J connectivity index is 1.65. The first-order chi connectivity index (χ1) is 17.1. The van der Waals surface area contributed by atoms with Gasteiger partial charge in [-0.15, -0.1) is 0 Å². The van der Waals surface area contributed by atoms with Crippen LogP contribution in [0.2, 0.25) is 5.02 Å². The van der Waals surface area contributed by atoms with Crippen molar-refractivity contribution >= 4 is 44.9 Å². The number of nitrogens with one attached hydrogen (secondary N) is 1. The molecule has 188 valence electrons. The molecule has 0 aromatic heterocycles. The number of halogens is 2. The minimum Gasteiger partial charge on any atom is -0.496 e. The first-order valence-corrected chi connectivity index (χ1v) is 12.7. The molecule has 0 saturated carbocycles. The number of sulfonamides is 1. The number of hydrogen-bond acceptors (Lipinski definition) is 6. The number of carbonyl (C=O) groups excluding carboxylic acids is 2. The lowest BCUT2D eigenvalue weighted by molar-refractivity contribution is 0.0521. The third-order valence-corrected chi connectivity index (χ3v) is 7.65. The average molecular weight is 533 g/mol. The van der Waals surface area contributed by atoms with E-state index in [-0.39, 0.29) is 39.9 Å². The average Bonchev–Trinajstić information content (AvgIpc) is 3.28. The predicted octanol–water partition coefficient (Wildman–Crippen LogP) is 4.67. The number of hydrogen-bond donors (Lipinski definition) is 1. The number of methoxy groups -OCH3 is 1. The first kappa shape index (κ1) is 25.5. The fourth-order valence-electron chi connectivity index (χ4n) is 3.93. The van der Waals surface area contributed by atoms with Crippen LogP contribution in [0.4, 0.5) is 15.8 Å². The Hall–Kier alpha value is -3.63. The maximum absolute atomic E-state index is 14.4. The van der Waals surface area contributed by atoms with E-state index in [1.165, 1.54) is 47.8 Å². The Morgan fingerprint density at radius 2 is 1.92 bits per heavy atom. The van der Waals surface area contributed by atoms with E-state index in [9.17, 15) is 22.4 Å². The zero-order valence-electron chi connectivity index (χ0n) is 19.4. The minimum atomic E-state index is -3.96. The minimum absolute atomic E-state index is 0.0221. The predicted molar refractivity (Wildman–Crippen MR) is 133 cm³/mol. The first-order valence-electron chi connectivity index (χ1n) is 10.9. The van der Waals surface area contributed by atoms with Crippen molar-refractivity contribution in [3.63, 3.8) is 0 Å². The number of nitrogens with zero attached hydrogens (tertiary/aromatic N) is 1. The molecule has 1 amide bonds. The van der Waals surface area contributed by atoms with Crippen LogP contribution in [0, 0.1) is 5.82 Å². The quantitative estimate of drug-likeness (QED) is 0.444. The second kappa shape index (κ2) is 10.2. The van der Waals surface area contributed by atoms with Gasteiger partial charge in [-0.1, -0.05) is 17.7 Å². The van der Waals surface area contributed by atoms with Crippen molar-refractivity contribution in [3.05, 3.63) is 82.1 Å². The van der Waals surface area contributed by atoms with Crippen LogP contribution >= 0.6 is 11.6 Å². The van der Waals surface area contributed by atoms with Crippen molar-refractivity contribution in [2.45, 2.75) is 18.2 Å². The largest absolute Gasteiger partial charge is 0.496 e. The molecule has 1 heterocycles. The van der Waals surface area contributed by atoms with Crippen LogP contribution in [0.25, 0.3) is 0 Å². The molecule has 0 unspecified atom stereocenters. The molecule has 3 aromatic carbocycles. The molecular weight excluding hydrogens is 511 g/mol. The van der Waals surface area contributed by atoms with Crippen LogP contribution in [0.1, 0.15) is 33.2 Å². The van der Waals surface area contributed by atoms with Gasteiger partial charge in [0.2, 0.25) is 0 Å². The topological polar surface area (TPSA) is 102 Å². The number of esters is 1. The molecule has 1 aliphatic heterocycles. The summed E-state index contributed by atoms with van der Waals surface area (Å²) in [5.74, 6) is -1.93. The molecule has 1 N–H and O–H groups in total. The molecule has 1 aliphatic rings. The van der Waals surface area contributed by atoms with E-state index in [0.717, 1.165) is 6.07 Å². The van der Waals surface area contributed by atoms with Gasteiger partial charge in [-0.25, -0.2) is 17.6 Å². The molecule has 3 aromatic rings. The Kier molecular flexibility index (Phi) is 7.18. The zero-order valence-corrected chi connectivity index (χ0v) is 21.0. The zero-order chi connectivity index (χ0) is 26.0. The SMILES string of the molecule is CCOC(=O)c1ccc(NC(=O)c2cc(OC)c3c(c2)N(S(=O)(=O)c2cccc(Cl)c2)CC3)cc1F. The summed E-state index contributed by atoms with van der Waals surface area (Å²) >= 11 is 5.99. The van der Waals surface area contributed by atoms with Gasteiger partial charge < -0.3 is 14.8 Å². The summed E-state index contributed by atoms with van der Waals surface area (Å²) in [4.78, 5) is 24.8. The van der Waals surface area contributed by atoms with Gasteiger partial charge in [-0.3, -0.25) is 9.10 Å². The van der Waals surface area contributed by atoms with E-state index in [0.29, 0.717) is 23.4 Å². The van der Waals surface area contributed by atoms with Gasteiger partial charge in [0.25, 0.3) is 15.9 Å². The maximum Gasteiger partial charge on any atom is 0.341 e. The van der Waals surface area contributed by atoms with Crippen molar-refractivity contribution in [3.8, 4) is 5.75 Å². The van der Waals surface area contributed by atoms with Gasteiger partial charge in [0.1, 0.15) is 11.6 Å². The van der Waals surface area contributed by atoms with E-state index in [1.807, 2.05) is 0 Å². The lowest BCUT2D eigenvalue weighted by atomic mass is 10.1. The van der Waals surface area contributed by atoms with Crippen LogP contribution in [0.5, 0.6) is 5.75 Å². The summed E-state index contributed by atoms with van der Waals surface area (Å²) < 4.78 is 52.5. The highest BCUT2D eigenvalue weighted by Gasteiger charge is 2.34. The number of carbonyl (C=O) groups is 2. The Morgan fingerprint density at radius 3 is 2.58 bits per heavy atom. The number of anilines is 2. The molecular formula is C25H22ClFN2O6S. The smallest absolute Gasteiger partial charge is 0.341 e. The third kappa shape index (κ3) is 4.87. The molecule has 4 rings (SSSR count). The number of fused-ring (bicyclic) bond motifs is 1. The number of benzene rings is 3. The van der Waals surface area contributed by atoms with Crippen LogP contribution in [-0.4, -0.2) is 40.6 Å². The van der Waals surface area contributed by atoms with Crippen molar-refractivity contribution in [1.29, 1.82) is 0 Å². The van der Waals surface area contributed by atoms with E-state index in [4.69, 9.17) is 21.1 Å². The maximum atomic E-state index is 14.4. The molecule has 0 aliphatic carbocycles. The highest BCUT2D eigenvalue weighted by atomic mass is 35.5. The van der Waals surface area contributed by atoms with Gasteiger partial charge in [0, 0.05) is 28.4 Å².